The van der Waals surface area contributed by atoms with Gasteiger partial charge in [0.05, 0.1) is 11.3 Å². The lowest BCUT2D eigenvalue weighted by molar-refractivity contribution is -0.137. The Morgan fingerprint density at radius 3 is 2.76 bits per heavy atom. The Morgan fingerprint density at radius 1 is 1.33 bits per heavy atom. The zero-order valence-electron chi connectivity index (χ0n) is 12.4. The van der Waals surface area contributed by atoms with E-state index in [1.54, 1.807) is 0 Å². The minimum atomic E-state index is -4.29. The number of hydrogen-bond donors (Lipinski definition) is 1. The molecule has 1 aromatic rings. The molecule has 0 amide bonds. The van der Waals surface area contributed by atoms with E-state index in [4.69, 9.17) is 0 Å². The van der Waals surface area contributed by atoms with Crippen LogP contribution in [-0.2, 0) is 12.6 Å². The van der Waals surface area contributed by atoms with Gasteiger partial charge in [0.1, 0.15) is 0 Å². The highest BCUT2D eigenvalue weighted by Gasteiger charge is 2.44. The van der Waals surface area contributed by atoms with Crippen LogP contribution in [0.4, 0.5) is 18.9 Å². The number of alkyl halides is 3. The van der Waals surface area contributed by atoms with Crippen LogP contribution < -0.4 is 10.2 Å². The third-order valence-corrected chi connectivity index (χ3v) is 4.74. The van der Waals surface area contributed by atoms with E-state index < -0.39 is 11.7 Å². The normalized spacial score (nSPS) is 24.9. The molecule has 1 fully saturated rings. The molecule has 2 aliphatic rings. The van der Waals surface area contributed by atoms with Gasteiger partial charge in [0.25, 0.3) is 0 Å². The van der Waals surface area contributed by atoms with Crippen molar-refractivity contribution < 1.29 is 13.2 Å². The van der Waals surface area contributed by atoms with Gasteiger partial charge in [-0.2, -0.15) is 13.2 Å². The third kappa shape index (κ3) is 2.41. The molecular formula is C16H21F3N2. The van der Waals surface area contributed by atoms with Crippen molar-refractivity contribution in [3.05, 3.63) is 28.8 Å². The molecule has 116 valence electrons. The Bertz CT molecular complexity index is 539. The van der Waals surface area contributed by atoms with Crippen molar-refractivity contribution in [1.29, 1.82) is 0 Å². The summed E-state index contributed by atoms with van der Waals surface area (Å²) < 4.78 is 40.4. The fourth-order valence-electron chi connectivity index (χ4n) is 3.84. The summed E-state index contributed by atoms with van der Waals surface area (Å²) in [5.74, 6) is 0.177. The first-order valence-corrected chi connectivity index (χ1v) is 7.61. The summed E-state index contributed by atoms with van der Waals surface area (Å²) in [6.07, 6.45) is -1.83. The van der Waals surface area contributed by atoms with Crippen molar-refractivity contribution in [3.63, 3.8) is 0 Å². The van der Waals surface area contributed by atoms with E-state index in [0.29, 0.717) is 12.1 Å². The third-order valence-electron chi connectivity index (χ3n) is 4.74. The number of halogens is 3. The lowest BCUT2D eigenvalue weighted by Crippen LogP contribution is -2.42. The number of fused-ring (bicyclic) bond motifs is 3. The fourth-order valence-corrected chi connectivity index (χ4v) is 3.84. The average Bonchev–Trinajstić information content (AvgIpc) is 2.72. The molecule has 1 N–H and O–H groups in total. The molecule has 1 aromatic carbocycles. The predicted octanol–water partition coefficient (Wildman–Crippen LogP) is 3.55. The van der Waals surface area contributed by atoms with Gasteiger partial charge in [0.15, 0.2) is 0 Å². The number of rotatable bonds is 2. The average molecular weight is 298 g/mol. The summed E-state index contributed by atoms with van der Waals surface area (Å²) in [6, 6.07) is 3.55. The van der Waals surface area contributed by atoms with Crippen LogP contribution in [-0.4, -0.2) is 26.2 Å². The molecule has 0 bridgehead atoms. The van der Waals surface area contributed by atoms with Gasteiger partial charge in [-0.1, -0.05) is 19.4 Å². The van der Waals surface area contributed by atoms with Gasteiger partial charge in [-0.05, 0) is 36.6 Å². The first kappa shape index (κ1) is 14.7. The summed E-state index contributed by atoms with van der Waals surface area (Å²) >= 11 is 0. The van der Waals surface area contributed by atoms with Gasteiger partial charge in [-0.15, -0.1) is 0 Å². The Hall–Kier alpha value is -1.23. The second-order valence-electron chi connectivity index (χ2n) is 6.11. The quantitative estimate of drug-likeness (QED) is 0.898. The molecule has 0 aliphatic carbocycles. The number of nitrogens with one attached hydrogen (secondary N) is 1. The minimum absolute atomic E-state index is 0.177. The van der Waals surface area contributed by atoms with Crippen molar-refractivity contribution in [3.8, 4) is 0 Å². The number of hydrogen-bond acceptors (Lipinski definition) is 2. The monoisotopic (exact) mass is 298 g/mol. The minimum Gasteiger partial charge on any atom is -0.370 e. The Balaban J connectivity index is 2.15. The van der Waals surface area contributed by atoms with Crippen LogP contribution in [0.1, 0.15) is 42.4 Å². The standard InChI is InChI=1S/C16H21F3N2/c1-3-4-10-7-11-12-9-20-6-5-14(12)21(2)15(11)13(8-10)16(17,18)19/h7-8,12,14,20H,3-6,9H2,1-2H3. The summed E-state index contributed by atoms with van der Waals surface area (Å²) in [5, 5.41) is 3.32. The maximum atomic E-state index is 13.5. The number of aryl methyl sites for hydroxylation is 1. The maximum absolute atomic E-state index is 13.5. The number of likely N-dealkylation sites (N-methyl/N-ethyl adjacent to an activating group) is 1. The molecule has 2 unspecified atom stereocenters. The van der Waals surface area contributed by atoms with Gasteiger partial charge >= 0.3 is 6.18 Å². The molecule has 0 aromatic heterocycles. The first-order valence-electron chi connectivity index (χ1n) is 7.61. The van der Waals surface area contributed by atoms with Gasteiger partial charge < -0.3 is 10.2 Å². The summed E-state index contributed by atoms with van der Waals surface area (Å²) in [6.45, 7) is 3.65. The van der Waals surface area contributed by atoms with Crippen LogP contribution in [0.2, 0.25) is 0 Å². The number of piperidine rings is 1. The van der Waals surface area contributed by atoms with Crippen LogP contribution >= 0.6 is 0 Å². The summed E-state index contributed by atoms with van der Waals surface area (Å²) in [5.41, 5.74) is 1.64. The molecule has 2 atom stereocenters. The fraction of sp³-hybridized carbons (Fsp3) is 0.625. The van der Waals surface area contributed by atoms with Crippen molar-refractivity contribution in [2.45, 2.75) is 44.3 Å². The highest BCUT2D eigenvalue weighted by Crippen LogP contribution is 2.49. The maximum Gasteiger partial charge on any atom is 0.418 e. The molecule has 21 heavy (non-hydrogen) atoms. The Kier molecular flexibility index (Phi) is 3.64. The van der Waals surface area contributed by atoms with E-state index in [-0.39, 0.29) is 12.0 Å². The molecule has 3 rings (SSSR count). The second-order valence-corrected chi connectivity index (χ2v) is 6.11. The highest BCUT2D eigenvalue weighted by molar-refractivity contribution is 5.68. The molecule has 0 saturated carbocycles. The highest BCUT2D eigenvalue weighted by atomic mass is 19.4. The van der Waals surface area contributed by atoms with E-state index in [0.717, 1.165) is 37.1 Å². The van der Waals surface area contributed by atoms with Crippen molar-refractivity contribution in [2.24, 2.45) is 0 Å². The van der Waals surface area contributed by atoms with Crippen LogP contribution in [0, 0.1) is 0 Å². The topological polar surface area (TPSA) is 15.3 Å². The van der Waals surface area contributed by atoms with E-state index in [1.807, 2.05) is 24.9 Å². The Labute approximate surface area is 123 Å². The number of nitrogens with zero attached hydrogens (tertiary/aromatic N) is 1. The van der Waals surface area contributed by atoms with Gasteiger partial charge in [0, 0.05) is 25.6 Å². The molecule has 2 aliphatic heterocycles. The summed E-state index contributed by atoms with van der Waals surface area (Å²) in [4.78, 5) is 1.86. The van der Waals surface area contributed by atoms with Gasteiger partial charge in [0.2, 0.25) is 0 Å². The van der Waals surface area contributed by atoms with Crippen LogP contribution in [0.25, 0.3) is 0 Å². The van der Waals surface area contributed by atoms with Crippen molar-refractivity contribution in [2.75, 3.05) is 25.0 Å². The van der Waals surface area contributed by atoms with Crippen LogP contribution in [0.3, 0.4) is 0 Å². The van der Waals surface area contributed by atoms with Crippen molar-refractivity contribution >= 4 is 5.69 Å². The van der Waals surface area contributed by atoms with E-state index in [2.05, 4.69) is 5.32 Å². The smallest absolute Gasteiger partial charge is 0.370 e. The molecule has 1 saturated heterocycles. The molecule has 0 spiro atoms. The van der Waals surface area contributed by atoms with E-state index >= 15 is 0 Å². The van der Waals surface area contributed by atoms with Crippen LogP contribution in [0.5, 0.6) is 0 Å². The molecule has 2 heterocycles. The van der Waals surface area contributed by atoms with Crippen molar-refractivity contribution in [1.82, 2.24) is 5.32 Å². The van der Waals surface area contributed by atoms with E-state index in [9.17, 15) is 13.2 Å². The largest absolute Gasteiger partial charge is 0.418 e. The zero-order valence-corrected chi connectivity index (χ0v) is 12.4. The number of benzene rings is 1. The zero-order chi connectivity index (χ0) is 15.2. The SMILES string of the molecule is CCCc1cc2c(c(C(F)(F)F)c1)N(C)C1CCNCC21. The summed E-state index contributed by atoms with van der Waals surface area (Å²) in [7, 11) is 1.81. The molecule has 2 nitrogen and oxygen atoms in total. The molecule has 5 heteroatoms. The molecule has 0 radical (unpaired) electrons. The molecular weight excluding hydrogens is 277 g/mol. The Morgan fingerprint density at radius 2 is 2.10 bits per heavy atom. The number of anilines is 1. The van der Waals surface area contributed by atoms with Gasteiger partial charge in [-0.3, -0.25) is 0 Å². The second kappa shape index (κ2) is 5.20. The predicted molar refractivity (Wildman–Crippen MR) is 77.9 cm³/mol. The lowest BCUT2D eigenvalue weighted by atomic mass is 9.88. The first-order chi connectivity index (χ1) is 9.93. The lowest BCUT2D eigenvalue weighted by Gasteiger charge is -2.31. The van der Waals surface area contributed by atoms with Gasteiger partial charge in [-0.25, -0.2) is 0 Å². The van der Waals surface area contributed by atoms with Crippen LogP contribution in [0.15, 0.2) is 12.1 Å². The van der Waals surface area contributed by atoms with E-state index in [1.165, 1.54) is 6.07 Å².